The zero-order chi connectivity index (χ0) is 20.6. The first-order chi connectivity index (χ1) is 14.1. The van der Waals surface area contributed by atoms with E-state index in [1.165, 1.54) is 9.79 Å². The molecular formula is C22H28ClN3OS3. The minimum Gasteiger partial charge on any atom is -0.308 e. The number of halogens is 1. The fourth-order valence-corrected chi connectivity index (χ4v) is 5.26. The maximum atomic E-state index is 13.0. The summed E-state index contributed by atoms with van der Waals surface area (Å²) in [5.74, 6) is 1.10. The second kappa shape index (κ2) is 12.6. The van der Waals surface area contributed by atoms with Gasteiger partial charge in [0.15, 0.2) is 5.13 Å². The van der Waals surface area contributed by atoms with Gasteiger partial charge in [0.1, 0.15) is 0 Å². The Kier molecular flexibility index (Phi) is 10.5. The SMILES string of the molecule is CSc1ccc2nc(N(CCN(C)C)C(=O)CCCSc3ccccc3)sc2c1.Cl. The van der Waals surface area contributed by atoms with E-state index < -0.39 is 0 Å². The summed E-state index contributed by atoms with van der Waals surface area (Å²) in [5.41, 5.74) is 0.963. The topological polar surface area (TPSA) is 36.4 Å². The van der Waals surface area contributed by atoms with Crippen LogP contribution in [-0.4, -0.2) is 55.0 Å². The maximum Gasteiger partial charge on any atom is 0.228 e. The average molecular weight is 482 g/mol. The van der Waals surface area contributed by atoms with Gasteiger partial charge < -0.3 is 4.90 Å². The molecule has 1 heterocycles. The molecule has 0 saturated carbocycles. The first-order valence-corrected chi connectivity index (χ1v) is 12.7. The van der Waals surface area contributed by atoms with Crippen LogP contribution in [0, 0.1) is 0 Å². The molecule has 2 aromatic carbocycles. The lowest BCUT2D eigenvalue weighted by Gasteiger charge is -2.22. The number of rotatable bonds is 10. The highest BCUT2D eigenvalue weighted by atomic mass is 35.5. The van der Waals surface area contributed by atoms with Crippen molar-refractivity contribution in [3.63, 3.8) is 0 Å². The molecule has 0 saturated heterocycles. The Morgan fingerprint density at radius 1 is 1.07 bits per heavy atom. The number of amides is 1. The Balaban J connectivity index is 0.00000320. The van der Waals surface area contributed by atoms with Gasteiger partial charge in [0, 0.05) is 29.3 Å². The normalized spacial score (nSPS) is 10.9. The van der Waals surface area contributed by atoms with Crippen LogP contribution in [0.2, 0.25) is 0 Å². The van der Waals surface area contributed by atoms with Crippen LogP contribution in [-0.2, 0) is 4.79 Å². The van der Waals surface area contributed by atoms with Crippen LogP contribution in [0.1, 0.15) is 12.8 Å². The van der Waals surface area contributed by atoms with E-state index in [1.54, 1.807) is 34.9 Å². The molecule has 0 radical (unpaired) electrons. The predicted molar refractivity (Wildman–Crippen MR) is 136 cm³/mol. The summed E-state index contributed by atoms with van der Waals surface area (Å²) in [5, 5.41) is 0.806. The molecule has 162 valence electrons. The Bertz CT molecular complexity index is 934. The van der Waals surface area contributed by atoms with Crippen molar-refractivity contribution >= 4 is 68.5 Å². The Morgan fingerprint density at radius 2 is 1.83 bits per heavy atom. The maximum absolute atomic E-state index is 13.0. The molecule has 0 N–H and O–H groups in total. The number of thioether (sulfide) groups is 2. The third-order valence-electron chi connectivity index (χ3n) is 4.43. The number of anilines is 1. The number of hydrogen-bond acceptors (Lipinski definition) is 6. The molecule has 0 bridgehead atoms. The summed E-state index contributed by atoms with van der Waals surface area (Å²) in [6.45, 7) is 1.48. The number of thiazole rings is 1. The summed E-state index contributed by atoms with van der Waals surface area (Å²) in [6.07, 6.45) is 3.47. The Morgan fingerprint density at radius 3 is 2.53 bits per heavy atom. The largest absolute Gasteiger partial charge is 0.308 e. The summed E-state index contributed by atoms with van der Waals surface area (Å²) < 4.78 is 1.13. The minimum atomic E-state index is 0. The lowest BCUT2D eigenvalue weighted by molar-refractivity contribution is -0.118. The second-order valence-corrected chi connectivity index (χ2v) is 10.0. The van der Waals surface area contributed by atoms with Gasteiger partial charge in [0.05, 0.1) is 10.2 Å². The molecule has 1 aromatic heterocycles. The first-order valence-electron chi connectivity index (χ1n) is 9.64. The summed E-state index contributed by atoms with van der Waals surface area (Å²) in [4.78, 5) is 24.2. The van der Waals surface area contributed by atoms with E-state index in [2.05, 4.69) is 35.4 Å². The number of likely N-dealkylation sites (N-methyl/N-ethyl adjacent to an activating group) is 1. The lowest BCUT2D eigenvalue weighted by Crippen LogP contribution is -2.36. The van der Waals surface area contributed by atoms with Crippen LogP contribution >= 0.6 is 47.3 Å². The van der Waals surface area contributed by atoms with E-state index in [1.807, 2.05) is 43.3 Å². The number of nitrogens with zero attached hydrogens (tertiary/aromatic N) is 3. The van der Waals surface area contributed by atoms with Crippen LogP contribution in [0.5, 0.6) is 0 Å². The van der Waals surface area contributed by atoms with Crippen LogP contribution in [0.15, 0.2) is 58.3 Å². The fraction of sp³-hybridized carbons (Fsp3) is 0.364. The van der Waals surface area contributed by atoms with Crippen molar-refractivity contribution in [1.82, 2.24) is 9.88 Å². The first kappa shape index (κ1) is 25.0. The predicted octanol–water partition coefficient (Wildman–Crippen LogP) is 5.91. The molecule has 3 rings (SSSR count). The summed E-state index contributed by atoms with van der Waals surface area (Å²) in [7, 11) is 4.06. The average Bonchev–Trinajstić information content (AvgIpc) is 3.14. The summed E-state index contributed by atoms with van der Waals surface area (Å²) in [6, 6.07) is 16.6. The highest BCUT2D eigenvalue weighted by Gasteiger charge is 2.19. The molecule has 3 aromatic rings. The molecule has 0 atom stereocenters. The number of fused-ring (bicyclic) bond motifs is 1. The fourth-order valence-electron chi connectivity index (χ4n) is 2.83. The van der Waals surface area contributed by atoms with E-state index in [0.717, 1.165) is 34.1 Å². The van der Waals surface area contributed by atoms with Gasteiger partial charge in [-0.05, 0) is 62.9 Å². The van der Waals surface area contributed by atoms with Gasteiger partial charge in [-0.1, -0.05) is 29.5 Å². The van der Waals surface area contributed by atoms with E-state index in [4.69, 9.17) is 4.98 Å². The quantitative estimate of drug-likeness (QED) is 0.266. The van der Waals surface area contributed by atoms with Gasteiger partial charge in [-0.3, -0.25) is 9.69 Å². The van der Waals surface area contributed by atoms with Gasteiger partial charge in [-0.15, -0.1) is 35.9 Å². The van der Waals surface area contributed by atoms with Crippen LogP contribution in [0.25, 0.3) is 10.2 Å². The number of carbonyl (C=O) groups excluding carboxylic acids is 1. The van der Waals surface area contributed by atoms with E-state index in [0.29, 0.717) is 13.0 Å². The molecule has 0 aliphatic rings. The van der Waals surface area contributed by atoms with Crippen LogP contribution < -0.4 is 4.90 Å². The minimum absolute atomic E-state index is 0. The molecule has 0 fully saturated rings. The zero-order valence-electron chi connectivity index (χ0n) is 17.5. The van der Waals surface area contributed by atoms with Crippen LogP contribution in [0.3, 0.4) is 0 Å². The van der Waals surface area contributed by atoms with Gasteiger partial charge in [-0.2, -0.15) is 0 Å². The third-order valence-corrected chi connectivity index (χ3v) is 7.30. The van der Waals surface area contributed by atoms with E-state index in [-0.39, 0.29) is 18.3 Å². The van der Waals surface area contributed by atoms with Crippen molar-refractivity contribution in [3.8, 4) is 0 Å². The van der Waals surface area contributed by atoms with Crippen molar-refractivity contribution in [1.29, 1.82) is 0 Å². The van der Waals surface area contributed by atoms with Crippen LogP contribution in [0.4, 0.5) is 5.13 Å². The molecule has 4 nitrogen and oxygen atoms in total. The van der Waals surface area contributed by atoms with Crippen molar-refractivity contribution < 1.29 is 4.79 Å². The zero-order valence-corrected chi connectivity index (χ0v) is 20.8. The second-order valence-electron chi connectivity index (χ2n) is 6.94. The highest BCUT2D eigenvalue weighted by Crippen LogP contribution is 2.32. The molecule has 8 heteroatoms. The van der Waals surface area contributed by atoms with E-state index >= 15 is 0 Å². The van der Waals surface area contributed by atoms with Crippen molar-refractivity contribution in [2.75, 3.05) is 44.1 Å². The highest BCUT2D eigenvalue weighted by molar-refractivity contribution is 7.99. The number of benzene rings is 2. The van der Waals surface area contributed by atoms with Gasteiger partial charge >= 0.3 is 0 Å². The Hall–Kier alpha value is -1.25. The van der Waals surface area contributed by atoms with Gasteiger partial charge in [0.2, 0.25) is 5.91 Å². The van der Waals surface area contributed by atoms with Gasteiger partial charge in [0.25, 0.3) is 0 Å². The third kappa shape index (κ3) is 7.17. The molecular weight excluding hydrogens is 454 g/mol. The standard InChI is InChI=1S/C22H27N3OS3.ClH/c1-24(2)13-14-25(21(26)10-7-15-28-17-8-5-4-6-9-17)22-23-19-12-11-18(27-3)16-20(19)29-22;/h4-6,8-9,11-12,16H,7,10,13-15H2,1-3H3;1H. The molecule has 0 spiro atoms. The molecule has 1 amide bonds. The number of carbonyl (C=O) groups is 1. The number of aromatic nitrogens is 1. The Labute approximate surface area is 197 Å². The summed E-state index contributed by atoms with van der Waals surface area (Å²) >= 11 is 5.13. The molecule has 0 aliphatic carbocycles. The molecule has 0 aliphatic heterocycles. The molecule has 0 unspecified atom stereocenters. The van der Waals surface area contributed by atoms with Crippen molar-refractivity contribution in [2.24, 2.45) is 0 Å². The molecule has 30 heavy (non-hydrogen) atoms. The number of hydrogen-bond donors (Lipinski definition) is 0. The van der Waals surface area contributed by atoms with Gasteiger partial charge in [-0.25, -0.2) is 4.98 Å². The van der Waals surface area contributed by atoms with Crippen molar-refractivity contribution in [3.05, 3.63) is 48.5 Å². The monoisotopic (exact) mass is 481 g/mol. The van der Waals surface area contributed by atoms with Crippen molar-refractivity contribution in [2.45, 2.75) is 22.6 Å². The lowest BCUT2D eigenvalue weighted by atomic mass is 10.3. The smallest absolute Gasteiger partial charge is 0.228 e. The van der Waals surface area contributed by atoms with E-state index in [9.17, 15) is 4.79 Å².